The van der Waals surface area contributed by atoms with Crippen LogP contribution in [0.3, 0.4) is 0 Å². The lowest BCUT2D eigenvalue weighted by molar-refractivity contribution is -0.0497. The fourth-order valence-electron chi connectivity index (χ4n) is 2.31. The van der Waals surface area contributed by atoms with Crippen LogP contribution in [0.2, 0.25) is 0 Å². The maximum atomic E-state index is 12.1. The summed E-state index contributed by atoms with van der Waals surface area (Å²) in [6.45, 7) is -1.29. The fourth-order valence-corrected chi connectivity index (χ4v) is 2.31. The monoisotopic (exact) mass is 264 g/mol. The first-order valence-electron chi connectivity index (χ1n) is 6.06. The van der Waals surface area contributed by atoms with Crippen molar-refractivity contribution in [2.75, 3.05) is 13.1 Å². The molecule has 1 aliphatic rings. The third-order valence-electron chi connectivity index (χ3n) is 3.49. The molecular formula is C14H14F2N2O. The van der Waals surface area contributed by atoms with E-state index in [1.165, 1.54) is 0 Å². The van der Waals surface area contributed by atoms with Gasteiger partial charge in [-0.15, -0.1) is 0 Å². The molecule has 0 aromatic heterocycles. The number of halogens is 2. The first kappa shape index (κ1) is 12.3. The summed E-state index contributed by atoms with van der Waals surface area (Å²) in [4.78, 5) is 0. The van der Waals surface area contributed by atoms with Crippen molar-refractivity contribution in [3.8, 4) is 5.75 Å². The molecule has 100 valence electrons. The summed E-state index contributed by atoms with van der Waals surface area (Å²) in [6.07, 6.45) is 0. The predicted molar refractivity (Wildman–Crippen MR) is 69.3 cm³/mol. The normalized spacial score (nSPS) is 17.5. The average Bonchev–Trinajstić information content (AvgIpc) is 2.34. The van der Waals surface area contributed by atoms with Gasteiger partial charge in [-0.3, -0.25) is 0 Å². The second-order valence-corrected chi connectivity index (χ2v) is 4.86. The van der Waals surface area contributed by atoms with Crippen LogP contribution in [0, 0.1) is 0 Å². The summed E-state index contributed by atoms with van der Waals surface area (Å²) in [5.41, 5.74) is 6.97. The summed E-state index contributed by atoms with van der Waals surface area (Å²) in [7, 11) is 0. The Labute approximate surface area is 109 Å². The predicted octanol–water partition coefficient (Wildman–Crippen LogP) is 2.20. The summed E-state index contributed by atoms with van der Waals surface area (Å²) in [5.74, 6) is 0.169. The van der Waals surface area contributed by atoms with Crippen molar-refractivity contribution in [2.45, 2.75) is 12.2 Å². The molecule has 0 radical (unpaired) electrons. The highest BCUT2D eigenvalue weighted by Crippen LogP contribution is 2.28. The lowest BCUT2D eigenvalue weighted by Gasteiger charge is -2.39. The van der Waals surface area contributed by atoms with Gasteiger partial charge in [0.05, 0.1) is 5.54 Å². The molecule has 2 aromatic carbocycles. The molecule has 0 aliphatic carbocycles. The minimum Gasteiger partial charge on any atom is -0.435 e. The van der Waals surface area contributed by atoms with E-state index in [-0.39, 0.29) is 11.3 Å². The molecule has 5 heteroatoms. The number of nitrogens with one attached hydrogen (secondary N) is 1. The number of hydrogen-bond donors (Lipinski definition) is 2. The van der Waals surface area contributed by atoms with E-state index >= 15 is 0 Å². The van der Waals surface area contributed by atoms with Crippen molar-refractivity contribution in [3.63, 3.8) is 0 Å². The van der Waals surface area contributed by atoms with Gasteiger partial charge in [-0.25, -0.2) is 0 Å². The Morgan fingerprint density at radius 2 is 1.79 bits per heavy atom. The number of hydrogen-bond acceptors (Lipinski definition) is 3. The van der Waals surface area contributed by atoms with Gasteiger partial charge >= 0.3 is 6.61 Å². The van der Waals surface area contributed by atoms with Gasteiger partial charge in [0, 0.05) is 13.1 Å². The quantitative estimate of drug-likeness (QED) is 0.893. The zero-order valence-corrected chi connectivity index (χ0v) is 10.2. The molecule has 1 fully saturated rings. The number of fused-ring (bicyclic) bond motifs is 1. The minimum atomic E-state index is -2.80. The molecule has 2 aromatic rings. The van der Waals surface area contributed by atoms with Crippen LogP contribution >= 0.6 is 0 Å². The molecule has 3 N–H and O–H groups in total. The highest BCUT2D eigenvalue weighted by molar-refractivity contribution is 5.84. The molecule has 0 spiro atoms. The van der Waals surface area contributed by atoms with E-state index in [0.717, 1.165) is 29.4 Å². The first-order chi connectivity index (χ1) is 9.07. The number of ether oxygens (including phenoxy) is 1. The first-order valence-corrected chi connectivity index (χ1v) is 6.06. The third-order valence-corrected chi connectivity index (χ3v) is 3.49. The van der Waals surface area contributed by atoms with E-state index in [1.54, 1.807) is 18.2 Å². The van der Waals surface area contributed by atoms with Crippen molar-refractivity contribution in [3.05, 3.63) is 42.0 Å². The van der Waals surface area contributed by atoms with Gasteiger partial charge in [-0.2, -0.15) is 8.78 Å². The average molecular weight is 264 g/mol. The van der Waals surface area contributed by atoms with Gasteiger partial charge in [0.15, 0.2) is 0 Å². The van der Waals surface area contributed by atoms with Crippen LogP contribution in [0.15, 0.2) is 36.4 Å². The molecule has 1 heterocycles. The minimum absolute atomic E-state index is 0.169. The molecule has 19 heavy (non-hydrogen) atoms. The molecule has 0 amide bonds. The Balaban J connectivity index is 1.96. The van der Waals surface area contributed by atoms with Crippen molar-refractivity contribution in [2.24, 2.45) is 5.73 Å². The molecule has 3 nitrogen and oxygen atoms in total. The zero-order chi connectivity index (χ0) is 13.5. The Morgan fingerprint density at radius 3 is 2.42 bits per heavy atom. The number of rotatable bonds is 3. The Kier molecular flexibility index (Phi) is 2.88. The molecule has 1 saturated heterocycles. The Morgan fingerprint density at radius 1 is 1.11 bits per heavy atom. The Hall–Kier alpha value is -1.72. The summed E-state index contributed by atoms with van der Waals surface area (Å²) < 4.78 is 28.7. The van der Waals surface area contributed by atoms with E-state index in [4.69, 9.17) is 5.73 Å². The number of nitrogens with two attached hydrogens (primary N) is 1. The summed E-state index contributed by atoms with van der Waals surface area (Å²) in [6, 6.07) is 10.7. The van der Waals surface area contributed by atoms with Gasteiger partial charge in [-0.05, 0) is 34.5 Å². The molecule has 1 aliphatic heterocycles. The lowest BCUT2D eigenvalue weighted by Crippen LogP contribution is -2.62. The van der Waals surface area contributed by atoms with Gasteiger partial charge < -0.3 is 15.8 Å². The smallest absolute Gasteiger partial charge is 0.387 e. The highest BCUT2D eigenvalue weighted by atomic mass is 19.3. The second kappa shape index (κ2) is 4.43. The van der Waals surface area contributed by atoms with Crippen LogP contribution in [0.25, 0.3) is 10.8 Å². The van der Waals surface area contributed by atoms with E-state index in [2.05, 4.69) is 10.1 Å². The van der Waals surface area contributed by atoms with Gasteiger partial charge in [0.2, 0.25) is 0 Å². The molecule has 0 bridgehead atoms. The maximum absolute atomic E-state index is 12.1. The molecule has 0 unspecified atom stereocenters. The van der Waals surface area contributed by atoms with Crippen LogP contribution < -0.4 is 15.8 Å². The van der Waals surface area contributed by atoms with Gasteiger partial charge in [0.1, 0.15) is 5.75 Å². The van der Waals surface area contributed by atoms with Crippen molar-refractivity contribution < 1.29 is 13.5 Å². The van der Waals surface area contributed by atoms with Crippen molar-refractivity contribution >= 4 is 10.8 Å². The number of alkyl halides is 2. The van der Waals surface area contributed by atoms with Gasteiger partial charge in [-0.1, -0.05) is 18.2 Å². The van der Waals surface area contributed by atoms with E-state index in [9.17, 15) is 8.78 Å². The maximum Gasteiger partial charge on any atom is 0.387 e. The van der Waals surface area contributed by atoms with Crippen LogP contribution in [0.1, 0.15) is 5.56 Å². The lowest BCUT2D eigenvalue weighted by atomic mass is 9.84. The van der Waals surface area contributed by atoms with Crippen molar-refractivity contribution in [1.82, 2.24) is 5.32 Å². The number of benzene rings is 2. The van der Waals surface area contributed by atoms with Crippen LogP contribution in [-0.2, 0) is 5.54 Å². The Bertz CT molecular complexity index is 611. The van der Waals surface area contributed by atoms with Crippen LogP contribution in [-0.4, -0.2) is 19.7 Å². The largest absolute Gasteiger partial charge is 0.435 e. The van der Waals surface area contributed by atoms with E-state index in [1.807, 2.05) is 18.2 Å². The van der Waals surface area contributed by atoms with Crippen molar-refractivity contribution in [1.29, 1.82) is 0 Å². The van der Waals surface area contributed by atoms with Crippen LogP contribution in [0.5, 0.6) is 5.75 Å². The topological polar surface area (TPSA) is 47.3 Å². The summed E-state index contributed by atoms with van der Waals surface area (Å²) >= 11 is 0. The standard InChI is InChI=1S/C14H14F2N2O/c15-13(16)19-12-4-2-9-5-11(3-1-10(9)6-12)14(17)7-18-8-14/h1-6,13,18H,7-8,17H2. The van der Waals surface area contributed by atoms with E-state index in [0.29, 0.717) is 0 Å². The SMILES string of the molecule is NC1(c2ccc3cc(OC(F)F)ccc3c2)CNC1. The zero-order valence-electron chi connectivity index (χ0n) is 10.2. The summed E-state index contributed by atoms with van der Waals surface area (Å²) in [5, 5.41) is 4.98. The molecule has 3 rings (SSSR count). The second-order valence-electron chi connectivity index (χ2n) is 4.86. The fraction of sp³-hybridized carbons (Fsp3) is 0.286. The third kappa shape index (κ3) is 2.27. The molecular weight excluding hydrogens is 250 g/mol. The van der Waals surface area contributed by atoms with E-state index < -0.39 is 6.61 Å². The highest BCUT2D eigenvalue weighted by Gasteiger charge is 2.34. The molecule has 0 saturated carbocycles. The van der Waals surface area contributed by atoms with Gasteiger partial charge in [0.25, 0.3) is 0 Å². The molecule has 0 atom stereocenters. The van der Waals surface area contributed by atoms with Crippen LogP contribution in [0.4, 0.5) is 8.78 Å².